The Bertz CT molecular complexity index is 2230. The molecule has 55 heavy (non-hydrogen) atoms. The number of aromatic nitrogens is 6. The van der Waals surface area contributed by atoms with Gasteiger partial charge in [-0.1, -0.05) is 23.7 Å². The molecule has 2 aromatic heterocycles. The van der Waals surface area contributed by atoms with Crippen molar-refractivity contribution < 1.29 is 42.2 Å². The Morgan fingerprint density at radius 3 is 2.18 bits per heavy atom. The first-order chi connectivity index (χ1) is 26.2. The molecule has 5 N–H and O–H groups in total. The van der Waals surface area contributed by atoms with E-state index in [-0.39, 0.29) is 28.8 Å². The minimum Gasteiger partial charge on any atom is -0.477 e. The number of nitrogens with one attached hydrogen (secondary N) is 4. The molecular weight excluding hydrogens is 751 g/mol. The Morgan fingerprint density at radius 1 is 0.891 bits per heavy atom. The zero-order valence-corrected chi connectivity index (χ0v) is 28.8. The largest absolute Gasteiger partial charge is 0.477 e. The van der Waals surface area contributed by atoms with Gasteiger partial charge in [0.2, 0.25) is 11.9 Å². The Kier molecular flexibility index (Phi) is 11.0. The highest BCUT2D eigenvalue weighted by Crippen LogP contribution is 2.48. The molecule has 1 aliphatic carbocycles. The van der Waals surface area contributed by atoms with E-state index >= 15 is 0 Å². The average Bonchev–Trinajstić information content (AvgIpc) is 3.71. The van der Waals surface area contributed by atoms with Gasteiger partial charge in [-0.2, -0.15) is 33.2 Å². The van der Waals surface area contributed by atoms with Crippen molar-refractivity contribution in [1.82, 2.24) is 35.0 Å². The van der Waals surface area contributed by atoms with Gasteiger partial charge in [-0.15, -0.1) is 0 Å². The van der Waals surface area contributed by atoms with Gasteiger partial charge in [0, 0.05) is 22.0 Å². The molecule has 3 aromatic carbocycles. The summed E-state index contributed by atoms with van der Waals surface area (Å²) in [6.45, 7) is -2.41. The number of amides is 3. The maximum absolute atomic E-state index is 12.9. The molecule has 3 amide bonds. The predicted octanol–water partition coefficient (Wildman–Crippen LogP) is 4.31. The molecule has 1 aliphatic rings. The summed E-state index contributed by atoms with van der Waals surface area (Å²) in [6, 6.07) is 18.1. The fourth-order valence-corrected chi connectivity index (χ4v) is 5.05. The van der Waals surface area contributed by atoms with Gasteiger partial charge in [-0.05, 0) is 79.1 Å². The molecule has 282 valence electrons. The van der Waals surface area contributed by atoms with Crippen molar-refractivity contribution in [1.29, 1.82) is 0 Å². The second-order valence-electron chi connectivity index (χ2n) is 11.8. The third-order valence-electron chi connectivity index (χ3n) is 7.78. The van der Waals surface area contributed by atoms with Crippen LogP contribution in [0.1, 0.15) is 28.8 Å². The lowest BCUT2D eigenvalue weighted by Gasteiger charge is -2.19. The number of anilines is 4. The van der Waals surface area contributed by atoms with Crippen LogP contribution in [0.2, 0.25) is 5.02 Å². The van der Waals surface area contributed by atoms with Gasteiger partial charge in [-0.25, -0.2) is 19.5 Å². The number of nitrogens with zero attached hydrogens (tertiary/aromatic N) is 7. The summed E-state index contributed by atoms with van der Waals surface area (Å²) in [5, 5.41) is 24.6. The number of hydrogen-bond acceptors (Lipinski definition) is 12. The van der Waals surface area contributed by atoms with Crippen LogP contribution < -0.4 is 26.0 Å². The number of halogens is 4. The summed E-state index contributed by atoms with van der Waals surface area (Å²) >= 11 is 6.01. The first kappa shape index (κ1) is 37.8. The fraction of sp³-hybridized carbons (Fsp3) is 0.176. The highest BCUT2D eigenvalue weighted by atomic mass is 35.5. The zero-order valence-electron chi connectivity index (χ0n) is 28.0. The molecule has 0 saturated heterocycles. The maximum atomic E-state index is 12.9. The Balaban J connectivity index is 1.09. The van der Waals surface area contributed by atoms with Crippen molar-refractivity contribution in [2.45, 2.75) is 24.6 Å². The fourth-order valence-electron chi connectivity index (χ4n) is 4.92. The Morgan fingerprint density at radius 2 is 1.56 bits per heavy atom. The second kappa shape index (κ2) is 16.0. The molecule has 0 unspecified atom stereocenters. The number of aliphatic imine (C=N–C) groups is 1. The molecule has 6 rings (SSSR count). The SMILES string of the molecule is O=C(NC/C(=N/C(=O)c1ccc(Nc2nc(NC3(c4ccc(Cl)cc4)CC3)nc(OCC(F)(F)F)n2)cc1)C(=O)O)C(=O)Nc1ccc(-n2cncn2)cc1. The van der Waals surface area contributed by atoms with E-state index < -0.39 is 60.3 Å². The topological polar surface area (TPSA) is 228 Å². The maximum Gasteiger partial charge on any atom is 0.422 e. The molecule has 0 aliphatic heterocycles. The molecule has 0 bridgehead atoms. The van der Waals surface area contributed by atoms with Crippen molar-refractivity contribution >= 4 is 64.3 Å². The van der Waals surface area contributed by atoms with Crippen LogP contribution >= 0.6 is 11.6 Å². The summed E-state index contributed by atoms with van der Waals surface area (Å²) in [5.41, 5.74) is 0.670. The van der Waals surface area contributed by atoms with Crippen LogP contribution in [0, 0.1) is 0 Å². The lowest BCUT2D eigenvalue weighted by molar-refractivity contribution is -0.154. The zero-order chi connectivity index (χ0) is 39.2. The quantitative estimate of drug-likeness (QED) is 0.0831. The lowest BCUT2D eigenvalue weighted by Crippen LogP contribution is -2.40. The van der Waals surface area contributed by atoms with Crippen LogP contribution in [0.4, 0.5) is 36.4 Å². The highest BCUT2D eigenvalue weighted by molar-refractivity contribution is 6.42. The first-order valence-electron chi connectivity index (χ1n) is 16.0. The van der Waals surface area contributed by atoms with Gasteiger partial charge in [0.15, 0.2) is 6.61 Å². The van der Waals surface area contributed by atoms with Crippen LogP contribution in [-0.2, 0) is 19.9 Å². The summed E-state index contributed by atoms with van der Waals surface area (Å²) in [7, 11) is 0. The summed E-state index contributed by atoms with van der Waals surface area (Å²) in [6.07, 6.45) is -0.462. The Labute approximate surface area is 313 Å². The van der Waals surface area contributed by atoms with E-state index in [1.807, 2.05) is 12.1 Å². The number of ether oxygens (including phenoxy) is 1. The van der Waals surface area contributed by atoms with Crippen LogP contribution in [-0.4, -0.2) is 83.6 Å². The van der Waals surface area contributed by atoms with Gasteiger partial charge in [0.25, 0.3) is 5.91 Å². The van der Waals surface area contributed by atoms with Gasteiger partial charge in [0.1, 0.15) is 18.4 Å². The number of carboxylic acids is 1. The van der Waals surface area contributed by atoms with E-state index in [0.29, 0.717) is 23.6 Å². The number of aliphatic carboxylic acids is 1. The van der Waals surface area contributed by atoms with E-state index in [1.165, 1.54) is 53.7 Å². The monoisotopic (exact) mass is 777 g/mol. The van der Waals surface area contributed by atoms with Crippen LogP contribution in [0.15, 0.2) is 90.4 Å². The molecule has 0 atom stereocenters. The molecule has 21 heteroatoms. The average molecular weight is 778 g/mol. The Hall–Kier alpha value is -6.96. The number of carbonyl (C=O) groups excluding carboxylic acids is 3. The highest BCUT2D eigenvalue weighted by Gasteiger charge is 2.45. The number of benzene rings is 3. The molecule has 17 nitrogen and oxygen atoms in total. The van der Waals surface area contributed by atoms with Crippen molar-refractivity contribution in [3.05, 3.63) is 102 Å². The van der Waals surface area contributed by atoms with E-state index in [1.54, 1.807) is 24.3 Å². The summed E-state index contributed by atoms with van der Waals surface area (Å²) < 4.78 is 45.1. The number of carbonyl (C=O) groups is 4. The van der Waals surface area contributed by atoms with Crippen LogP contribution in [0.5, 0.6) is 6.01 Å². The van der Waals surface area contributed by atoms with Gasteiger partial charge >= 0.3 is 30.0 Å². The van der Waals surface area contributed by atoms with Gasteiger partial charge in [0.05, 0.1) is 17.8 Å². The van der Waals surface area contributed by atoms with Crippen molar-refractivity contribution in [3.8, 4) is 11.7 Å². The van der Waals surface area contributed by atoms with Gasteiger partial charge in [-0.3, -0.25) is 14.4 Å². The van der Waals surface area contributed by atoms with Crippen molar-refractivity contribution in [3.63, 3.8) is 0 Å². The van der Waals surface area contributed by atoms with Crippen LogP contribution in [0.25, 0.3) is 5.69 Å². The molecule has 1 saturated carbocycles. The first-order valence-corrected chi connectivity index (χ1v) is 16.4. The lowest BCUT2D eigenvalue weighted by atomic mass is 10.1. The molecule has 1 fully saturated rings. The number of alkyl halides is 3. The minimum absolute atomic E-state index is 0.0615. The molecular formula is C34H27ClF3N11O6. The number of hydrogen-bond donors (Lipinski definition) is 5. The van der Waals surface area contributed by atoms with E-state index in [0.717, 1.165) is 5.56 Å². The third-order valence-corrected chi connectivity index (χ3v) is 8.03. The predicted molar refractivity (Wildman–Crippen MR) is 189 cm³/mol. The molecule has 0 radical (unpaired) electrons. The van der Waals surface area contributed by atoms with Gasteiger partial charge < -0.3 is 31.1 Å². The minimum atomic E-state index is -4.66. The standard InChI is InChI=1S/C34H27ClF3N11O6/c35-21-5-3-20(4-6-21)33(13-14-33)48-31-45-30(46-32(47-31)55-16-34(36,37)38)43-23-7-1-19(2-8-23)26(50)44-25(29(53)54)15-40-27(51)28(52)42-22-9-11-24(12-10-22)49-18-39-17-41-49/h1-12,17-18H,13-16H2,(H,40,51)(H,42,52)(H,53,54)(H2,43,45,46,47,48)/b44-25-. The summed E-state index contributed by atoms with van der Waals surface area (Å²) in [5.74, 6) is -5.13. The normalized spacial score (nSPS) is 13.3. The smallest absolute Gasteiger partial charge is 0.422 e. The van der Waals surface area contributed by atoms with Crippen LogP contribution in [0.3, 0.4) is 0 Å². The van der Waals surface area contributed by atoms with Crippen molar-refractivity contribution in [2.24, 2.45) is 4.99 Å². The second-order valence-corrected chi connectivity index (χ2v) is 12.2. The van der Waals surface area contributed by atoms with E-state index in [4.69, 9.17) is 16.3 Å². The number of carboxylic acid groups (broad SMARTS) is 1. The van der Waals surface area contributed by atoms with E-state index in [2.05, 4.69) is 51.3 Å². The molecule has 2 heterocycles. The molecule has 0 spiro atoms. The molecule has 5 aromatic rings. The third kappa shape index (κ3) is 10.1. The number of rotatable bonds is 13. The summed E-state index contributed by atoms with van der Waals surface area (Å²) in [4.78, 5) is 69.1. The van der Waals surface area contributed by atoms with E-state index in [9.17, 15) is 37.5 Å². The van der Waals surface area contributed by atoms with Crippen molar-refractivity contribution in [2.75, 3.05) is 29.1 Å².